The van der Waals surface area contributed by atoms with Crippen LogP contribution in [0.5, 0.6) is 0 Å². The number of esters is 1. The Morgan fingerprint density at radius 2 is 1.27 bits per heavy atom. The summed E-state index contributed by atoms with van der Waals surface area (Å²) in [6.45, 7) is 12.1. The van der Waals surface area contributed by atoms with E-state index >= 15 is 0 Å². The molecule has 1 aromatic carbocycles. The van der Waals surface area contributed by atoms with Gasteiger partial charge in [-0.3, -0.25) is 0 Å². The van der Waals surface area contributed by atoms with Gasteiger partial charge in [-0.05, 0) is 72.7 Å². The van der Waals surface area contributed by atoms with Gasteiger partial charge in [0.05, 0.1) is 17.9 Å². The fourth-order valence-corrected chi connectivity index (χ4v) is 1.86. The Bertz CT molecular complexity index is 624. The molecule has 0 unspecified atom stereocenters. The van der Waals surface area contributed by atoms with Crippen LogP contribution in [0.2, 0.25) is 0 Å². The molecule has 1 rings (SSSR count). The summed E-state index contributed by atoms with van der Waals surface area (Å²) < 4.78 is 15.5. The van der Waals surface area contributed by atoms with Crippen molar-refractivity contribution in [1.82, 2.24) is 0 Å². The predicted molar refractivity (Wildman–Crippen MR) is 97.3 cm³/mol. The van der Waals surface area contributed by atoms with Crippen LogP contribution in [0.15, 0.2) is 24.3 Å². The van der Waals surface area contributed by atoms with Crippen molar-refractivity contribution in [2.24, 2.45) is 0 Å². The summed E-state index contributed by atoms with van der Waals surface area (Å²) in [6.07, 6.45) is -1.73. The minimum atomic E-state index is -0.865. The van der Waals surface area contributed by atoms with E-state index in [2.05, 4.69) is 0 Å². The third-order valence-corrected chi connectivity index (χ3v) is 2.79. The molecule has 1 aromatic rings. The van der Waals surface area contributed by atoms with Gasteiger partial charge in [0.1, 0.15) is 11.2 Å². The molecular weight excluding hydrogens is 338 g/mol. The Morgan fingerprint density at radius 3 is 1.62 bits per heavy atom. The van der Waals surface area contributed by atoms with Crippen molar-refractivity contribution in [2.75, 3.05) is 11.5 Å². The van der Waals surface area contributed by atoms with Gasteiger partial charge in [0.2, 0.25) is 0 Å². The molecule has 0 aliphatic rings. The molecular formula is C19H27NO6. The van der Waals surface area contributed by atoms with E-state index in [0.717, 1.165) is 4.90 Å². The third-order valence-electron chi connectivity index (χ3n) is 2.79. The molecule has 0 heterocycles. The average molecular weight is 365 g/mol. The zero-order valence-corrected chi connectivity index (χ0v) is 16.4. The first-order chi connectivity index (χ1) is 11.8. The monoisotopic (exact) mass is 365 g/mol. The van der Waals surface area contributed by atoms with E-state index in [-0.39, 0.29) is 12.3 Å². The van der Waals surface area contributed by atoms with Crippen molar-refractivity contribution in [2.45, 2.75) is 59.7 Å². The summed E-state index contributed by atoms with van der Waals surface area (Å²) >= 11 is 0. The highest BCUT2D eigenvalue weighted by atomic mass is 16.6. The van der Waals surface area contributed by atoms with Gasteiger partial charge >= 0.3 is 18.2 Å². The lowest BCUT2D eigenvalue weighted by molar-refractivity contribution is 0.0429. The molecule has 0 fully saturated rings. The molecule has 0 N–H and O–H groups in total. The smallest absolute Gasteiger partial charge is 0.424 e. The summed E-state index contributed by atoms with van der Waals surface area (Å²) in [6, 6.07) is 5.85. The van der Waals surface area contributed by atoms with Crippen LogP contribution < -0.4 is 4.90 Å². The van der Waals surface area contributed by atoms with Gasteiger partial charge in [0.15, 0.2) is 0 Å². The zero-order chi connectivity index (χ0) is 20.1. The van der Waals surface area contributed by atoms with Gasteiger partial charge in [-0.2, -0.15) is 4.90 Å². The first-order valence-corrected chi connectivity index (χ1v) is 8.37. The zero-order valence-electron chi connectivity index (χ0n) is 16.4. The molecule has 0 bridgehead atoms. The number of carbonyl (C=O) groups is 3. The van der Waals surface area contributed by atoms with Crippen molar-refractivity contribution in [3.8, 4) is 0 Å². The van der Waals surface area contributed by atoms with E-state index in [9.17, 15) is 14.4 Å². The van der Waals surface area contributed by atoms with Crippen LogP contribution in [0.25, 0.3) is 0 Å². The molecule has 7 nitrogen and oxygen atoms in total. The van der Waals surface area contributed by atoms with E-state index < -0.39 is 29.4 Å². The van der Waals surface area contributed by atoms with E-state index in [4.69, 9.17) is 14.2 Å². The number of imide groups is 1. The molecule has 0 saturated heterocycles. The average Bonchev–Trinajstić information content (AvgIpc) is 2.44. The molecule has 0 aliphatic heterocycles. The number of carbonyl (C=O) groups excluding carboxylic acids is 3. The molecule has 0 radical (unpaired) electrons. The number of amides is 2. The maximum absolute atomic E-state index is 12.5. The van der Waals surface area contributed by atoms with Crippen molar-refractivity contribution in [3.63, 3.8) is 0 Å². The molecule has 2 amide bonds. The Labute approximate surface area is 154 Å². The summed E-state index contributed by atoms with van der Waals surface area (Å²) in [5.74, 6) is -0.486. The molecule has 26 heavy (non-hydrogen) atoms. The first-order valence-electron chi connectivity index (χ1n) is 8.37. The maximum Gasteiger partial charge on any atom is 0.424 e. The number of benzene rings is 1. The fraction of sp³-hybridized carbons (Fsp3) is 0.526. The second kappa shape index (κ2) is 8.21. The Kier molecular flexibility index (Phi) is 6.78. The van der Waals surface area contributed by atoms with Crippen molar-refractivity contribution in [3.05, 3.63) is 29.8 Å². The molecule has 144 valence electrons. The standard InChI is InChI=1S/C19H27NO6/c1-8-24-15(21)13-9-11-14(12-10-13)20(16(22)25-18(2,3)4)17(23)26-19(5,6)7/h9-12H,8H2,1-7H3. The van der Waals surface area contributed by atoms with Crippen molar-refractivity contribution >= 4 is 23.8 Å². The lowest BCUT2D eigenvalue weighted by Crippen LogP contribution is -2.43. The lowest BCUT2D eigenvalue weighted by Gasteiger charge is -2.28. The number of hydrogen-bond donors (Lipinski definition) is 0. The van der Waals surface area contributed by atoms with Gasteiger partial charge in [0, 0.05) is 0 Å². The number of rotatable bonds is 3. The number of anilines is 1. The minimum absolute atomic E-state index is 0.224. The topological polar surface area (TPSA) is 82.1 Å². The first kappa shape index (κ1) is 21.5. The normalized spacial score (nSPS) is 11.5. The molecule has 7 heteroatoms. The van der Waals surface area contributed by atoms with E-state index in [1.165, 1.54) is 24.3 Å². The number of hydrogen-bond acceptors (Lipinski definition) is 6. The molecule has 0 spiro atoms. The van der Waals surface area contributed by atoms with Crippen LogP contribution >= 0.6 is 0 Å². The quantitative estimate of drug-likeness (QED) is 0.578. The van der Waals surface area contributed by atoms with Crippen molar-refractivity contribution in [1.29, 1.82) is 0 Å². The van der Waals surface area contributed by atoms with Crippen molar-refractivity contribution < 1.29 is 28.6 Å². The second-order valence-electron chi connectivity index (χ2n) is 7.56. The second-order valence-corrected chi connectivity index (χ2v) is 7.56. The maximum atomic E-state index is 12.5. The lowest BCUT2D eigenvalue weighted by atomic mass is 10.2. The Hall–Kier alpha value is -2.57. The summed E-state index contributed by atoms with van der Waals surface area (Å²) in [5.41, 5.74) is -1.05. The Morgan fingerprint density at radius 1 is 0.846 bits per heavy atom. The van der Waals surface area contributed by atoms with E-state index in [1.807, 2.05) is 0 Å². The van der Waals surface area contributed by atoms with Gasteiger partial charge < -0.3 is 14.2 Å². The predicted octanol–water partition coefficient (Wildman–Crippen LogP) is 4.54. The Balaban J connectivity index is 3.17. The largest absolute Gasteiger partial charge is 0.462 e. The van der Waals surface area contributed by atoms with Crippen LogP contribution in [-0.2, 0) is 14.2 Å². The fourth-order valence-electron chi connectivity index (χ4n) is 1.86. The van der Waals surface area contributed by atoms with Gasteiger partial charge in [-0.15, -0.1) is 0 Å². The van der Waals surface area contributed by atoms with Gasteiger partial charge in [0.25, 0.3) is 0 Å². The number of nitrogens with zero attached hydrogens (tertiary/aromatic N) is 1. The van der Waals surface area contributed by atoms with E-state index in [0.29, 0.717) is 5.56 Å². The highest BCUT2D eigenvalue weighted by Crippen LogP contribution is 2.22. The molecule has 0 atom stereocenters. The van der Waals surface area contributed by atoms with Gasteiger partial charge in [-0.25, -0.2) is 14.4 Å². The highest BCUT2D eigenvalue weighted by molar-refractivity contribution is 6.09. The summed E-state index contributed by atoms with van der Waals surface area (Å²) in [4.78, 5) is 37.6. The number of ether oxygens (including phenoxy) is 3. The van der Waals surface area contributed by atoms with Crippen LogP contribution in [0, 0.1) is 0 Å². The molecule has 0 saturated carbocycles. The van der Waals surface area contributed by atoms with Crippen LogP contribution in [-0.4, -0.2) is 36.0 Å². The van der Waals surface area contributed by atoms with E-state index in [1.54, 1.807) is 48.5 Å². The third kappa shape index (κ3) is 6.74. The summed E-state index contributed by atoms with van der Waals surface area (Å²) in [7, 11) is 0. The minimum Gasteiger partial charge on any atom is -0.462 e. The van der Waals surface area contributed by atoms with Gasteiger partial charge in [-0.1, -0.05) is 0 Å². The molecule has 0 aliphatic carbocycles. The van der Waals surface area contributed by atoms with Crippen LogP contribution in [0.4, 0.5) is 15.3 Å². The molecule has 0 aromatic heterocycles. The SMILES string of the molecule is CCOC(=O)c1ccc(N(C(=O)OC(C)(C)C)C(=O)OC(C)(C)C)cc1. The van der Waals surface area contributed by atoms with Crippen LogP contribution in [0.3, 0.4) is 0 Å². The summed E-state index contributed by atoms with van der Waals surface area (Å²) in [5, 5.41) is 0. The van der Waals surface area contributed by atoms with Crippen LogP contribution in [0.1, 0.15) is 58.8 Å². The highest BCUT2D eigenvalue weighted by Gasteiger charge is 2.32.